The zero-order chi connectivity index (χ0) is 13.8. The van der Waals surface area contributed by atoms with E-state index in [2.05, 4.69) is 17.3 Å². The van der Waals surface area contributed by atoms with Gasteiger partial charge in [-0.15, -0.1) is 0 Å². The Hall–Kier alpha value is -2.30. The molecule has 2 N–H and O–H groups in total. The summed E-state index contributed by atoms with van der Waals surface area (Å²) in [6, 6.07) is 6.71. The van der Waals surface area contributed by atoms with Crippen LogP contribution < -0.4 is 5.32 Å². The van der Waals surface area contributed by atoms with E-state index in [1.54, 1.807) is 24.3 Å². The summed E-state index contributed by atoms with van der Waals surface area (Å²) in [5.41, 5.74) is 3.48. The highest BCUT2D eigenvalue weighted by Gasteiger charge is 2.05. The van der Waals surface area contributed by atoms with Gasteiger partial charge in [-0.2, -0.15) is 5.10 Å². The fraction of sp³-hybridized carbons (Fsp3) is 0.286. The molecule has 2 aromatic rings. The molecule has 1 aromatic heterocycles. The van der Waals surface area contributed by atoms with Crippen LogP contribution in [0.15, 0.2) is 30.5 Å². The van der Waals surface area contributed by atoms with Crippen molar-refractivity contribution < 1.29 is 9.90 Å². The summed E-state index contributed by atoms with van der Waals surface area (Å²) in [5, 5.41) is 16.4. The molecule has 2 rings (SSSR count). The van der Waals surface area contributed by atoms with Gasteiger partial charge in [0.1, 0.15) is 0 Å². The molecule has 0 aliphatic carbocycles. The van der Waals surface area contributed by atoms with Crippen molar-refractivity contribution in [2.75, 3.05) is 5.32 Å². The summed E-state index contributed by atoms with van der Waals surface area (Å²) in [6.07, 6.45) is 1.86. The maximum atomic E-state index is 10.7. The van der Waals surface area contributed by atoms with Crippen LogP contribution in [0, 0.1) is 6.92 Å². The largest absolute Gasteiger partial charge is 0.478 e. The second-order valence-electron chi connectivity index (χ2n) is 4.31. The molecular weight excluding hydrogens is 242 g/mol. The van der Waals surface area contributed by atoms with Gasteiger partial charge >= 0.3 is 5.97 Å². The van der Waals surface area contributed by atoms with Crippen LogP contribution in [0.3, 0.4) is 0 Å². The third-order valence-electron chi connectivity index (χ3n) is 3.12. The molecule has 0 radical (unpaired) electrons. The number of rotatable bonds is 5. The van der Waals surface area contributed by atoms with Crippen LogP contribution >= 0.6 is 0 Å². The van der Waals surface area contributed by atoms with Crippen LogP contribution in [0.4, 0.5) is 5.69 Å². The first-order valence-electron chi connectivity index (χ1n) is 6.20. The van der Waals surface area contributed by atoms with Gasteiger partial charge in [0.15, 0.2) is 0 Å². The fourth-order valence-electron chi connectivity index (χ4n) is 1.91. The lowest BCUT2D eigenvalue weighted by Crippen LogP contribution is -2.03. The van der Waals surface area contributed by atoms with E-state index in [0.717, 1.165) is 23.5 Å². The molecule has 5 nitrogen and oxygen atoms in total. The second kappa shape index (κ2) is 5.56. The summed E-state index contributed by atoms with van der Waals surface area (Å²) in [7, 11) is 0. The first kappa shape index (κ1) is 13.1. The van der Waals surface area contributed by atoms with E-state index in [1.807, 2.05) is 17.8 Å². The van der Waals surface area contributed by atoms with Crippen molar-refractivity contribution in [1.82, 2.24) is 9.78 Å². The maximum Gasteiger partial charge on any atom is 0.335 e. The van der Waals surface area contributed by atoms with Gasteiger partial charge in [0.25, 0.3) is 0 Å². The van der Waals surface area contributed by atoms with Crippen molar-refractivity contribution >= 4 is 11.7 Å². The van der Waals surface area contributed by atoms with Gasteiger partial charge in [0.2, 0.25) is 0 Å². The average Bonchev–Trinajstić information content (AvgIpc) is 2.77. The van der Waals surface area contributed by atoms with Crippen LogP contribution in [0.1, 0.15) is 28.5 Å². The van der Waals surface area contributed by atoms with Gasteiger partial charge in [0.05, 0.1) is 11.8 Å². The van der Waals surface area contributed by atoms with Gasteiger partial charge in [-0.25, -0.2) is 4.79 Å². The monoisotopic (exact) mass is 259 g/mol. The first-order valence-corrected chi connectivity index (χ1v) is 6.20. The summed E-state index contributed by atoms with van der Waals surface area (Å²) in [4.78, 5) is 10.7. The van der Waals surface area contributed by atoms with Crippen molar-refractivity contribution in [2.24, 2.45) is 0 Å². The van der Waals surface area contributed by atoms with Crippen molar-refractivity contribution in [3.63, 3.8) is 0 Å². The van der Waals surface area contributed by atoms with Crippen LogP contribution in [-0.2, 0) is 13.1 Å². The lowest BCUT2D eigenvalue weighted by molar-refractivity contribution is 0.0697. The van der Waals surface area contributed by atoms with Gasteiger partial charge in [-0.1, -0.05) is 0 Å². The average molecular weight is 259 g/mol. The summed E-state index contributed by atoms with van der Waals surface area (Å²) >= 11 is 0. The number of anilines is 1. The third-order valence-corrected chi connectivity index (χ3v) is 3.12. The number of nitrogens with zero attached hydrogens (tertiary/aromatic N) is 2. The predicted octanol–water partition coefficient (Wildman–Crippen LogP) is 2.52. The summed E-state index contributed by atoms with van der Waals surface area (Å²) in [5.74, 6) is -0.911. The highest BCUT2D eigenvalue weighted by atomic mass is 16.4. The molecule has 100 valence electrons. The maximum absolute atomic E-state index is 10.7. The molecule has 0 fully saturated rings. The Bertz CT molecular complexity index is 573. The molecular formula is C14H17N3O2. The SMILES string of the molecule is CCn1ncc(CNc2ccc(C(=O)O)cc2)c1C. The number of hydrogen-bond acceptors (Lipinski definition) is 3. The van der Waals surface area contributed by atoms with E-state index in [0.29, 0.717) is 12.1 Å². The minimum absolute atomic E-state index is 0.292. The van der Waals surface area contributed by atoms with E-state index < -0.39 is 5.97 Å². The molecule has 0 spiro atoms. The number of nitrogens with one attached hydrogen (secondary N) is 1. The highest BCUT2D eigenvalue weighted by molar-refractivity contribution is 5.87. The Kier molecular flexibility index (Phi) is 3.85. The molecule has 0 atom stereocenters. The number of aromatic nitrogens is 2. The highest BCUT2D eigenvalue weighted by Crippen LogP contribution is 2.13. The minimum Gasteiger partial charge on any atom is -0.478 e. The molecule has 0 unspecified atom stereocenters. The molecule has 0 saturated heterocycles. The molecule has 0 aliphatic rings. The van der Waals surface area contributed by atoms with E-state index in [1.165, 1.54) is 0 Å². The number of carboxylic acid groups (broad SMARTS) is 1. The van der Waals surface area contributed by atoms with Crippen molar-refractivity contribution in [1.29, 1.82) is 0 Å². The standard InChI is InChI=1S/C14H17N3O2/c1-3-17-10(2)12(9-16-17)8-15-13-6-4-11(5-7-13)14(18)19/h4-7,9,15H,3,8H2,1-2H3,(H,18,19). The number of aromatic carboxylic acids is 1. The van der Waals surface area contributed by atoms with Gasteiger partial charge in [-0.05, 0) is 38.1 Å². The topological polar surface area (TPSA) is 67.2 Å². The molecule has 1 aromatic carbocycles. The number of benzene rings is 1. The van der Waals surface area contributed by atoms with Crippen LogP contribution in [0.5, 0.6) is 0 Å². The molecule has 0 saturated carbocycles. The summed E-state index contributed by atoms with van der Waals surface area (Å²) in [6.45, 7) is 5.64. The van der Waals surface area contributed by atoms with E-state index in [-0.39, 0.29) is 0 Å². The zero-order valence-corrected chi connectivity index (χ0v) is 11.1. The van der Waals surface area contributed by atoms with Gasteiger partial charge in [0, 0.05) is 30.0 Å². The Morgan fingerprint density at radius 2 is 2.05 bits per heavy atom. The summed E-state index contributed by atoms with van der Waals surface area (Å²) < 4.78 is 1.95. The molecule has 1 heterocycles. The Labute approximate surface area is 111 Å². The van der Waals surface area contributed by atoms with Crippen LogP contribution in [0.2, 0.25) is 0 Å². The molecule has 0 aliphatic heterocycles. The quantitative estimate of drug-likeness (QED) is 0.865. The number of hydrogen-bond donors (Lipinski definition) is 2. The van der Waals surface area contributed by atoms with Crippen LogP contribution in [0.25, 0.3) is 0 Å². The van der Waals surface area contributed by atoms with Crippen molar-refractivity contribution in [3.8, 4) is 0 Å². The van der Waals surface area contributed by atoms with Gasteiger partial charge in [-0.3, -0.25) is 4.68 Å². The van der Waals surface area contributed by atoms with Crippen LogP contribution in [-0.4, -0.2) is 20.9 Å². The van der Waals surface area contributed by atoms with E-state index >= 15 is 0 Å². The van der Waals surface area contributed by atoms with Crippen molar-refractivity contribution in [2.45, 2.75) is 26.9 Å². The van der Waals surface area contributed by atoms with Crippen molar-refractivity contribution in [3.05, 3.63) is 47.3 Å². The number of aryl methyl sites for hydroxylation is 1. The molecule has 0 bridgehead atoms. The molecule has 0 amide bonds. The second-order valence-corrected chi connectivity index (χ2v) is 4.31. The smallest absolute Gasteiger partial charge is 0.335 e. The van der Waals surface area contributed by atoms with E-state index in [9.17, 15) is 4.79 Å². The number of carbonyl (C=O) groups is 1. The lowest BCUT2D eigenvalue weighted by atomic mass is 10.2. The Morgan fingerprint density at radius 1 is 1.37 bits per heavy atom. The first-order chi connectivity index (χ1) is 9.11. The fourth-order valence-corrected chi connectivity index (χ4v) is 1.91. The Morgan fingerprint density at radius 3 is 2.58 bits per heavy atom. The third kappa shape index (κ3) is 2.93. The normalized spacial score (nSPS) is 10.4. The Balaban J connectivity index is 2.02. The molecule has 5 heteroatoms. The number of carboxylic acids is 1. The van der Waals surface area contributed by atoms with E-state index in [4.69, 9.17) is 5.11 Å². The zero-order valence-electron chi connectivity index (χ0n) is 11.1. The molecule has 19 heavy (non-hydrogen) atoms. The van der Waals surface area contributed by atoms with Gasteiger partial charge < -0.3 is 10.4 Å². The predicted molar refractivity (Wildman–Crippen MR) is 73.4 cm³/mol. The lowest BCUT2D eigenvalue weighted by Gasteiger charge is -2.07. The minimum atomic E-state index is -0.911.